The first-order chi connectivity index (χ1) is 9.56. The molecule has 1 aliphatic rings. The minimum atomic E-state index is -0.158. The van der Waals surface area contributed by atoms with Gasteiger partial charge in [0, 0.05) is 24.6 Å². The third kappa shape index (κ3) is 2.39. The number of ether oxygens (including phenoxy) is 1. The van der Waals surface area contributed by atoms with Gasteiger partial charge in [0.25, 0.3) is 5.56 Å². The van der Waals surface area contributed by atoms with Crippen LogP contribution in [0.1, 0.15) is 11.9 Å². The molecule has 0 N–H and O–H groups in total. The summed E-state index contributed by atoms with van der Waals surface area (Å²) in [4.78, 5) is 19.2. The number of halogens is 1. The van der Waals surface area contributed by atoms with E-state index in [1.165, 1.54) is 0 Å². The minimum Gasteiger partial charge on any atom is -0.368 e. The van der Waals surface area contributed by atoms with Crippen LogP contribution in [0.5, 0.6) is 0 Å². The maximum atomic E-state index is 12.4. The zero-order chi connectivity index (χ0) is 14.3. The van der Waals surface area contributed by atoms with Crippen molar-refractivity contribution in [3.8, 4) is 0 Å². The van der Waals surface area contributed by atoms with Crippen molar-refractivity contribution in [2.24, 2.45) is 7.05 Å². The van der Waals surface area contributed by atoms with Crippen molar-refractivity contribution in [1.82, 2.24) is 14.5 Å². The van der Waals surface area contributed by atoms with E-state index in [0.29, 0.717) is 23.3 Å². The Hall–Kier alpha value is -1.24. The molecule has 0 saturated carbocycles. The Balaban J connectivity index is 2.15. The molecule has 106 valence electrons. The van der Waals surface area contributed by atoms with E-state index in [1.807, 2.05) is 19.2 Å². The van der Waals surface area contributed by atoms with Crippen LogP contribution in [0.25, 0.3) is 10.9 Å². The molecule has 5 nitrogen and oxygen atoms in total. The summed E-state index contributed by atoms with van der Waals surface area (Å²) >= 11 is 3.42. The number of fused-ring (bicyclic) bond motifs is 1. The maximum absolute atomic E-state index is 12.4. The Labute approximate surface area is 125 Å². The molecule has 0 spiro atoms. The highest BCUT2D eigenvalue weighted by Crippen LogP contribution is 2.22. The molecule has 0 aliphatic carbocycles. The van der Waals surface area contributed by atoms with Gasteiger partial charge in [0.15, 0.2) is 0 Å². The summed E-state index contributed by atoms with van der Waals surface area (Å²) in [6.07, 6.45) is -0.158. The van der Waals surface area contributed by atoms with Crippen molar-refractivity contribution in [3.63, 3.8) is 0 Å². The lowest BCUT2D eigenvalue weighted by Crippen LogP contribution is -2.38. The van der Waals surface area contributed by atoms with Gasteiger partial charge in [0.05, 0.1) is 17.5 Å². The van der Waals surface area contributed by atoms with E-state index in [-0.39, 0.29) is 11.7 Å². The third-order valence-corrected chi connectivity index (χ3v) is 4.12. The highest BCUT2D eigenvalue weighted by molar-refractivity contribution is 9.10. The van der Waals surface area contributed by atoms with Crippen molar-refractivity contribution >= 4 is 26.8 Å². The lowest BCUT2D eigenvalue weighted by Gasteiger charge is -2.30. The van der Waals surface area contributed by atoms with E-state index in [0.717, 1.165) is 17.6 Å². The van der Waals surface area contributed by atoms with Gasteiger partial charge in [-0.15, -0.1) is 0 Å². The van der Waals surface area contributed by atoms with Crippen LogP contribution in [0.2, 0.25) is 0 Å². The monoisotopic (exact) mass is 337 g/mol. The number of likely N-dealkylation sites (N-methyl/N-ethyl adjacent to an activating group) is 1. The second-order valence-electron chi connectivity index (χ2n) is 5.12. The molecule has 20 heavy (non-hydrogen) atoms. The number of morpholine rings is 1. The van der Waals surface area contributed by atoms with Crippen LogP contribution in [0.3, 0.4) is 0 Å². The molecule has 6 heteroatoms. The molecule has 2 heterocycles. The molecule has 0 radical (unpaired) electrons. The fraction of sp³-hybridized carbons (Fsp3) is 0.429. The van der Waals surface area contributed by atoms with Gasteiger partial charge in [0.2, 0.25) is 0 Å². The van der Waals surface area contributed by atoms with Gasteiger partial charge in [-0.1, -0.05) is 15.9 Å². The summed E-state index contributed by atoms with van der Waals surface area (Å²) < 4.78 is 8.29. The van der Waals surface area contributed by atoms with Crippen molar-refractivity contribution < 1.29 is 4.74 Å². The Kier molecular flexibility index (Phi) is 3.62. The molecule has 3 rings (SSSR count). The molecule has 2 aromatic rings. The molecule has 1 unspecified atom stereocenters. The standard InChI is InChI=1S/C14H16BrN3O2/c1-17-5-6-20-12(8-17)13-16-11-7-9(15)3-4-10(11)14(19)18(13)2/h3-4,7,12H,5-6,8H2,1-2H3. The Morgan fingerprint density at radius 2 is 2.20 bits per heavy atom. The van der Waals surface area contributed by atoms with Crippen LogP contribution in [0, 0.1) is 0 Å². The second kappa shape index (κ2) is 5.27. The predicted octanol–water partition coefficient (Wildman–Crippen LogP) is 1.70. The second-order valence-corrected chi connectivity index (χ2v) is 6.03. The van der Waals surface area contributed by atoms with Gasteiger partial charge in [-0.2, -0.15) is 0 Å². The average molecular weight is 338 g/mol. The van der Waals surface area contributed by atoms with Crippen LogP contribution < -0.4 is 5.56 Å². The van der Waals surface area contributed by atoms with Gasteiger partial charge in [0.1, 0.15) is 11.9 Å². The van der Waals surface area contributed by atoms with E-state index in [1.54, 1.807) is 17.7 Å². The number of hydrogen-bond donors (Lipinski definition) is 0. The predicted molar refractivity (Wildman–Crippen MR) is 80.9 cm³/mol. The Bertz CT molecular complexity index is 713. The van der Waals surface area contributed by atoms with Crippen LogP contribution in [-0.4, -0.2) is 41.2 Å². The summed E-state index contributed by atoms with van der Waals surface area (Å²) in [7, 11) is 3.80. The number of aromatic nitrogens is 2. The molecule has 0 bridgehead atoms. The third-order valence-electron chi connectivity index (χ3n) is 3.63. The lowest BCUT2D eigenvalue weighted by atomic mass is 10.2. The first kappa shape index (κ1) is 13.7. The summed E-state index contributed by atoms with van der Waals surface area (Å²) in [5.41, 5.74) is 0.670. The molecular weight excluding hydrogens is 322 g/mol. The largest absolute Gasteiger partial charge is 0.368 e. The van der Waals surface area contributed by atoms with Gasteiger partial charge >= 0.3 is 0 Å². The van der Waals surface area contributed by atoms with Crippen molar-refractivity contribution in [1.29, 1.82) is 0 Å². The highest BCUT2D eigenvalue weighted by atomic mass is 79.9. The van der Waals surface area contributed by atoms with Crippen LogP contribution in [0.15, 0.2) is 27.5 Å². The fourth-order valence-electron chi connectivity index (χ4n) is 2.48. The molecule has 1 atom stereocenters. The average Bonchev–Trinajstić information content (AvgIpc) is 2.42. The molecule has 1 aliphatic heterocycles. The quantitative estimate of drug-likeness (QED) is 0.794. The molecule has 0 amide bonds. The lowest BCUT2D eigenvalue weighted by molar-refractivity contribution is -0.0272. The van der Waals surface area contributed by atoms with E-state index < -0.39 is 0 Å². The number of benzene rings is 1. The SMILES string of the molecule is CN1CCOC(c2nc3cc(Br)ccc3c(=O)n2C)C1. The normalized spacial score (nSPS) is 20.4. The van der Waals surface area contributed by atoms with Gasteiger partial charge in [-0.3, -0.25) is 9.36 Å². The van der Waals surface area contributed by atoms with Crippen molar-refractivity contribution in [2.45, 2.75) is 6.10 Å². The Morgan fingerprint density at radius 1 is 1.40 bits per heavy atom. The zero-order valence-corrected chi connectivity index (χ0v) is 13.1. The molecule has 1 aromatic carbocycles. The summed E-state index contributed by atoms with van der Waals surface area (Å²) in [5.74, 6) is 0.687. The van der Waals surface area contributed by atoms with Crippen LogP contribution in [0.4, 0.5) is 0 Å². The van der Waals surface area contributed by atoms with Gasteiger partial charge in [-0.25, -0.2) is 4.98 Å². The van der Waals surface area contributed by atoms with E-state index in [9.17, 15) is 4.79 Å². The van der Waals surface area contributed by atoms with Crippen LogP contribution >= 0.6 is 15.9 Å². The zero-order valence-electron chi connectivity index (χ0n) is 11.5. The van der Waals surface area contributed by atoms with Gasteiger partial charge < -0.3 is 9.64 Å². The number of nitrogens with zero attached hydrogens (tertiary/aromatic N) is 3. The Morgan fingerprint density at radius 3 is 2.95 bits per heavy atom. The van der Waals surface area contributed by atoms with E-state index >= 15 is 0 Å². The van der Waals surface area contributed by atoms with Crippen molar-refractivity contribution in [2.75, 3.05) is 26.7 Å². The molecule has 1 saturated heterocycles. The number of hydrogen-bond acceptors (Lipinski definition) is 4. The maximum Gasteiger partial charge on any atom is 0.261 e. The van der Waals surface area contributed by atoms with Gasteiger partial charge in [-0.05, 0) is 25.2 Å². The molecule has 1 aromatic heterocycles. The first-order valence-corrected chi connectivity index (χ1v) is 7.32. The molecule has 1 fully saturated rings. The highest BCUT2D eigenvalue weighted by Gasteiger charge is 2.24. The molecular formula is C14H16BrN3O2. The topological polar surface area (TPSA) is 47.4 Å². The fourth-order valence-corrected chi connectivity index (χ4v) is 2.83. The van der Waals surface area contributed by atoms with E-state index in [2.05, 4.69) is 25.8 Å². The smallest absolute Gasteiger partial charge is 0.261 e. The summed E-state index contributed by atoms with van der Waals surface area (Å²) in [5, 5.41) is 0.628. The summed E-state index contributed by atoms with van der Waals surface area (Å²) in [6.45, 7) is 2.32. The van der Waals surface area contributed by atoms with E-state index in [4.69, 9.17) is 4.74 Å². The minimum absolute atomic E-state index is 0.0330. The first-order valence-electron chi connectivity index (χ1n) is 6.52. The van der Waals surface area contributed by atoms with Crippen molar-refractivity contribution in [3.05, 3.63) is 38.9 Å². The number of rotatable bonds is 1. The van der Waals surface area contributed by atoms with Crippen LogP contribution in [-0.2, 0) is 11.8 Å². The summed E-state index contributed by atoms with van der Waals surface area (Å²) in [6, 6.07) is 5.52.